The van der Waals surface area contributed by atoms with Crippen LogP contribution in [0.4, 0.5) is 13.2 Å². The van der Waals surface area contributed by atoms with Crippen LogP contribution in [0.5, 0.6) is 0 Å². The maximum absolute atomic E-state index is 11.9. The van der Waals surface area contributed by atoms with Crippen molar-refractivity contribution in [3.05, 3.63) is 0 Å². The highest BCUT2D eigenvalue weighted by Gasteiger charge is 2.41. The molecule has 0 aliphatic carbocycles. The molecular weight excluding hydrogens is 221 g/mol. The number of esters is 1. The SMILES string of the molecule is CCCCCCC(CC)OC(=O)C(F)(F)F. The Hall–Kier alpha value is -0.740. The number of carbonyl (C=O) groups is 1. The van der Waals surface area contributed by atoms with Crippen LogP contribution in [0.25, 0.3) is 0 Å². The number of unbranched alkanes of at least 4 members (excludes halogenated alkanes) is 3. The van der Waals surface area contributed by atoms with Gasteiger partial charge in [0.05, 0.1) is 0 Å². The lowest BCUT2D eigenvalue weighted by atomic mass is 10.1. The molecule has 96 valence electrons. The molecule has 0 aliphatic heterocycles. The predicted molar refractivity (Wildman–Crippen MR) is 55.0 cm³/mol. The molecule has 0 aromatic heterocycles. The third kappa shape index (κ3) is 6.69. The largest absolute Gasteiger partial charge is 0.490 e. The van der Waals surface area contributed by atoms with Crippen molar-refractivity contribution in [2.45, 2.75) is 64.7 Å². The van der Waals surface area contributed by atoms with E-state index in [9.17, 15) is 18.0 Å². The summed E-state index contributed by atoms with van der Waals surface area (Å²) in [5.74, 6) is -2.07. The quantitative estimate of drug-likeness (QED) is 0.499. The second-order valence-corrected chi connectivity index (χ2v) is 3.78. The summed E-state index contributed by atoms with van der Waals surface area (Å²) in [5, 5.41) is 0. The van der Waals surface area contributed by atoms with Crippen molar-refractivity contribution in [1.82, 2.24) is 0 Å². The van der Waals surface area contributed by atoms with E-state index < -0.39 is 18.2 Å². The van der Waals surface area contributed by atoms with Crippen molar-refractivity contribution in [3.8, 4) is 0 Å². The van der Waals surface area contributed by atoms with Gasteiger partial charge in [0.1, 0.15) is 6.10 Å². The van der Waals surface area contributed by atoms with Crippen LogP contribution in [0, 0.1) is 0 Å². The second-order valence-electron chi connectivity index (χ2n) is 3.78. The summed E-state index contributed by atoms with van der Waals surface area (Å²) in [7, 11) is 0. The fraction of sp³-hybridized carbons (Fsp3) is 0.909. The molecule has 0 radical (unpaired) electrons. The van der Waals surface area contributed by atoms with E-state index in [1.807, 2.05) is 0 Å². The monoisotopic (exact) mass is 240 g/mol. The summed E-state index contributed by atoms with van der Waals surface area (Å²) in [6, 6.07) is 0. The van der Waals surface area contributed by atoms with E-state index in [1.54, 1.807) is 6.92 Å². The minimum absolute atomic E-state index is 0.425. The summed E-state index contributed by atoms with van der Waals surface area (Å²) in [4.78, 5) is 10.6. The van der Waals surface area contributed by atoms with E-state index in [4.69, 9.17) is 0 Å². The van der Waals surface area contributed by atoms with Crippen LogP contribution in [0.1, 0.15) is 52.4 Å². The Bertz CT molecular complexity index is 202. The number of hydrogen-bond acceptors (Lipinski definition) is 2. The molecular formula is C11H19F3O2. The van der Waals surface area contributed by atoms with Crippen LogP contribution in [-0.2, 0) is 9.53 Å². The van der Waals surface area contributed by atoms with Crippen molar-refractivity contribution in [2.75, 3.05) is 0 Å². The molecule has 0 spiro atoms. The van der Waals surface area contributed by atoms with Crippen LogP contribution >= 0.6 is 0 Å². The fourth-order valence-corrected chi connectivity index (χ4v) is 1.36. The first kappa shape index (κ1) is 15.3. The van der Waals surface area contributed by atoms with Gasteiger partial charge >= 0.3 is 12.1 Å². The van der Waals surface area contributed by atoms with Crippen LogP contribution < -0.4 is 0 Å². The molecule has 0 saturated heterocycles. The average molecular weight is 240 g/mol. The maximum atomic E-state index is 11.9. The number of alkyl halides is 3. The van der Waals surface area contributed by atoms with Gasteiger partial charge in [-0.25, -0.2) is 4.79 Å². The predicted octanol–water partition coefficient (Wildman–Crippen LogP) is 3.84. The van der Waals surface area contributed by atoms with Crippen molar-refractivity contribution < 1.29 is 22.7 Å². The lowest BCUT2D eigenvalue weighted by Gasteiger charge is -2.16. The standard InChI is InChI=1S/C11H19F3O2/c1-3-5-6-7-8-9(4-2)16-10(15)11(12,13)14/h9H,3-8H2,1-2H3. The smallest absolute Gasteiger partial charge is 0.456 e. The fourth-order valence-electron chi connectivity index (χ4n) is 1.36. The first-order valence-electron chi connectivity index (χ1n) is 5.69. The molecule has 2 nitrogen and oxygen atoms in total. The van der Waals surface area contributed by atoms with Gasteiger partial charge < -0.3 is 4.74 Å². The van der Waals surface area contributed by atoms with Gasteiger partial charge in [-0.05, 0) is 19.3 Å². The van der Waals surface area contributed by atoms with Crippen molar-refractivity contribution >= 4 is 5.97 Å². The third-order valence-corrected chi connectivity index (χ3v) is 2.34. The van der Waals surface area contributed by atoms with E-state index in [2.05, 4.69) is 11.7 Å². The van der Waals surface area contributed by atoms with Crippen molar-refractivity contribution in [2.24, 2.45) is 0 Å². The Morgan fingerprint density at radius 1 is 1.19 bits per heavy atom. The minimum Gasteiger partial charge on any atom is -0.456 e. The molecule has 16 heavy (non-hydrogen) atoms. The van der Waals surface area contributed by atoms with E-state index in [1.165, 1.54) is 0 Å². The van der Waals surface area contributed by atoms with Crippen molar-refractivity contribution in [1.29, 1.82) is 0 Å². The molecule has 0 aromatic carbocycles. The van der Waals surface area contributed by atoms with E-state index in [0.717, 1.165) is 25.7 Å². The molecule has 0 fully saturated rings. The average Bonchev–Trinajstić information content (AvgIpc) is 2.20. The zero-order valence-corrected chi connectivity index (χ0v) is 9.77. The molecule has 0 aromatic rings. The minimum atomic E-state index is -4.88. The molecule has 0 N–H and O–H groups in total. The van der Waals surface area contributed by atoms with Crippen molar-refractivity contribution in [3.63, 3.8) is 0 Å². The summed E-state index contributed by atoms with van der Waals surface area (Å²) in [5.41, 5.74) is 0. The van der Waals surface area contributed by atoms with E-state index >= 15 is 0 Å². The van der Waals surface area contributed by atoms with Crippen LogP contribution in [0.3, 0.4) is 0 Å². The van der Waals surface area contributed by atoms with Gasteiger partial charge in [0.25, 0.3) is 0 Å². The Labute approximate surface area is 94.2 Å². The molecule has 0 amide bonds. The maximum Gasteiger partial charge on any atom is 0.490 e. The van der Waals surface area contributed by atoms with Gasteiger partial charge in [0.2, 0.25) is 0 Å². The van der Waals surface area contributed by atoms with Crippen LogP contribution in [0.2, 0.25) is 0 Å². The van der Waals surface area contributed by atoms with Gasteiger partial charge in [0.15, 0.2) is 0 Å². The lowest BCUT2D eigenvalue weighted by molar-refractivity contribution is -0.205. The molecule has 0 bridgehead atoms. The zero-order valence-electron chi connectivity index (χ0n) is 9.77. The number of rotatable bonds is 7. The molecule has 5 heteroatoms. The molecule has 1 unspecified atom stereocenters. The summed E-state index contributed by atoms with van der Waals surface area (Å²) in [6.07, 6.45) is -0.647. The lowest BCUT2D eigenvalue weighted by Crippen LogP contribution is -2.29. The molecule has 0 saturated carbocycles. The number of halogens is 3. The third-order valence-electron chi connectivity index (χ3n) is 2.34. The highest BCUT2D eigenvalue weighted by molar-refractivity contribution is 5.75. The van der Waals surface area contributed by atoms with Crippen LogP contribution in [-0.4, -0.2) is 18.2 Å². The number of ether oxygens (including phenoxy) is 1. The summed E-state index contributed by atoms with van der Waals surface area (Å²) >= 11 is 0. The topological polar surface area (TPSA) is 26.3 Å². The summed E-state index contributed by atoms with van der Waals surface area (Å²) in [6.45, 7) is 3.77. The Kier molecular flexibility index (Phi) is 7.17. The Morgan fingerprint density at radius 3 is 2.25 bits per heavy atom. The summed E-state index contributed by atoms with van der Waals surface area (Å²) < 4.78 is 40.1. The molecule has 1 atom stereocenters. The van der Waals surface area contributed by atoms with Crippen LogP contribution in [0.15, 0.2) is 0 Å². The van der Waals surface area contributed by atoms with E-state index in [-0.39, 0.29) is 0 Å². The highest BCUT2D eigenvalue weighted by atomic mass is 19.4. The van der Waals surface area contributed by atoms with Gasteiger partial charge in [-0.2, -0.15) is 13.2 Å². The normalized spacial score (nSPS) is 13.6. The highest BCUT2D eigenvalue weighted by Crippen LogP contribution is 2.20. The number of carbonyl (C=O) groups excluding carboxylic acids is 1. The van der Waals surface area contributed by atoms with Gasteiger partial charge in [-0.1, -0.05) is 33.1 Å². The van der Waals surface area contributed by atoms with Gasteiger partial charge in [-0.3, -0.25) is 0 Å². The second kappa shape index (κ2) is 7.52. The Balaban J connectivity index is 3.87. The first-order chi connectivity index (χ1) is 7.41. The van der Waals surface area contributed by atoms with Gasteiger partial charge in [0, 0.05) is 0 Å². The Morgan fingerprint density at radius 2 is 1.81 bits per heavy atom. The first-order valence-corrected chi connectivity index (χ1v) is 5.69. The zero-order chi connectivity index (χ0) is 12.6. The molecule has 0 rings (SSSR count). The number of hydrogen-bond donors (Lipinski definition) is 0. The van der Waals surface area contributed by atoms with Gasteiger partial charge in [-0.15, -0.1) is 0 Å². The van der Waals surface area contributed by atoms with E-state index in [0.29, 0.717) is 12.8 Å². The molecule has 0 heterocycles. The molecule has 0 aliphatic rings.